The Bertz CT molecular complexity index is 544. The molecule has 1 aromatic heterocycles. The second kappa shape index (κ2) is 3.17. The minimum absolute atomic E-state index is 0.478. The number of aliphatic imine (C=N–C) groups is 1. The van der Waals surface area contributed by atoms with Gasteiger partial charge in [0, 0.05) is 5.56 Å². The minimum Gasteiger partial charge on any atom is -0.239 e. The van der Waals surface area contributed by atoms with E-state index in [0.717, 1.165) is 17.1 Å². The number of para-hydroxylation sites is 1. The molecule has 1 aromatic carbocycles. The molecule has 0 N–H and O–H groups in total. The molecule has 0 bridgehead atoms. The van der Waals surface area contributed by atoms with E-state index in [1.165, 1.54) is 6.33 Å². The minimum atomic E-state index is 0.478. The van der Waals surface area contributed by atoms with E-state index in [9.17, 15) is 0 Å². The highest BCUT2D eigenvalue weighted by atomic mass is 35.5. The van der Waals surface area contributed by atoms with Crippen LogP contribution in [0.5, 0.6) is 0 Å². The van der Waals surface area contributed by atoms with Crippen LogP contribution < -0.4 is 0 Å². The third-order valence-electron chi connectivity index (χ3n) is 2.28. The lowest BCUT2D eigenvalue weighted by Crippen LogP contribution is -2.05. The fourth-order valence-electron chi connectivity index (χ4n) is 1.64. The van der Waals surface area contributed by atoms with Crippen molar-refractivity contribution in [2.24, 2.45) is 4.99 Å². The van der Waals surface area contributed by atoms with E-state index in [0.29, 0.717) is 11.7 Å². The predicted octanol–water partition coefficient (Wildman–Crippen LogP) is 2.23. The van der Waals surface area contributed by atoms with Crippen molar-refractivity contribution in [1.29, 1.82) is 0 Å². The summed E-state index contributed by atoms with van der Waals surface area (Å²) in [4.78, 5) is 8.52. The highest BCUT2D eigenvalue weighted by Crippen LogP contribution is 2.31. The third-order valence-corrected chi connectivity index (χ3v) is 2.49. The first kappa shape index (κ1) is 8.61. The van der Waals surface area contributed by atoms with E-state index in [1.54, 1.807) is 4.68 Å². The van der Waals surface area contributed by atoms with Crippen molar-refractivity contribution >= 4 is 22.5 Å². The van der Waals surface area contributed by atoms with E-state index in [2.05, 4.69) is 15.1 Å². The second-order valence-electron chi connectivity index (χ2n) is 3.25. The van der Waals surface area contributed by atoms with Crippen molar-refractivity contribution in [3.05, 3.63) is 30.6 Å². The number of nitrogens with zero attached hydrogens (tertiary/aromatic N) is 4. The Morgan fingerprint density at radius 1 is 1.27 bits per heavy atom. The molecule has 5 heteroatoms. The van der Waals surface area contributed by atoms with Crippen LogP contribution in [0.3, 0.4) is 0 Å². The van der Waals surface area contributed by atoms with Gasteiger partial charge in [-0.1, -0.05) is 23.7 Å². The number of benzene rings is 1. The molecule has 2 heterocycles. The molecule has 3 rings (SSSR count). The first-order valence-corrected chi connectivity index (χ1v) is 4.92. The Labute approximate surface area is 91.2 Å². The van der Waals surface area contributed by atoms with Crippen molar-refractivity contribution in [2.75, 3.05) is 0 Å². The molecule has 4 nitrogen and oxygen atoms in total. The topological polar surface area (TPSA) is 43.1 Å². The van der Waals surface area contributed by atoms with Crippen LogP contribution in [-0.4, -0.2) is 19.9 Å². The lowest BCUT2D eigenvalue weighted by atomic mass is 10.2. The summed E-state index contributed by atoms with van der Waals surface area (Å²) in [5.41, 5.74) is 1.81. The number of rotatable bonds is 0. The molecule has 0 radical (unpaired) electrons. The molecule has 0 amide bonds. The van der Waals surface area contributed by atoms with Crippen LogP contribution in [0.1, 0.15) is 0 Å². The van der Waals surface area contributed by atoms with Gasteiger partial charge in [-0.05, 0) is 12.1 Å². The lowest BCUT2D eigenvalue weighted by molar-refractivity contribution is 0.738. The summed E-state index contributed by atoms with van der Waals surface area (Å²) in [5, 5.41) is 4.63. The van der Waals surface area contributed by atoms with E-state index >= 15 is 0 Å². The molecule has 1 aliphatic rings. The monoisotopic (exact) mass is 218 g/mol. The van der Waals surface area contributed by atoms with Gasteiger partial charge in [0.15, 0.2) is 5.82 Å². The SMILES string of the molecule is ClC1=Nc2ccccc2-c2ncnn2C1. The number of aromatic nitrogens is 3. The van der Waals surface area contributed by atoms with Crippen LogP contribution in [0.4, 0.5) is 5.69 Å². The van der Waals surface area contributed by atoms with E-state index < -0.39 is 0 Å². The standard InChI is InChI=1S/C10H7ClN4/c11-9-5-15-10(12-6-13-15)7-3-1-2-4-8(7)14-9/h1-4,6H,5H2. The molecule has 0 aliphatic carbocycles. The first-order valence-electron chi connectivity index (χ1n) is 4.55. The normalized spacial score (nSPS) is 13.8. The van der Waals surface area contributed by atoms with Crippen LogP contribution in [0.2, 0.25) is 0 Å². The van der Waals surface area contributed by atoms with Crippen LogP contribution in [0.15, 0.2) is 35.6 Å². The quantitative estimate of drug-likeness (QED) is 0.681. The molecule has 0 saturated carbocycles. The Morgan fingerprint density at radius 3 is 3.07 bits per heavy atom. The van der Waals surface area contributed by atoms with Crippen molar-refractivity contribution in [3.8, 4) is 11.4 Å². The van der Waals surface area contributed by atoms with Gasteiger partial charge in [0.25, 0.3) is 0 Å². The van der Waals surface area contributed by atoms with Gasteiger partial charge in [-0.2, -0.15) is 5.10 Å². The average Bonchev–Trinajstić information content (AvgIpc) is 2.62. The van der Waals surface area contributed by atoms with E-state index in [1.807, 2.05) is 24.3 Å². The fourth-order valence-corrected chi connectivity index (χ4v) is 1.84. The average molecular weight is 219 g/mol. The maximum Gasteiger partial charge on any atom is 0.160 e. The number of fused-ring (bicyclic) bond motifs is 3. The Kier molecular flexibility index (Phi) is 1.82. The summed E-state index contributed by atoms with van der Waals surface area (Å²) in [5.74, 6) is 0.810. The Balaban J connectivity index is 2.34. The van der Waals surface area contributed by atoms with Gasteiger partial charge in [-0.25, -0.2) is 14.7 Å². The maximum atomic E-state index is 5.99. The first-order chi connectivity index (χ1) is 7.34. The van der Waals surface area contributed by atoms with Crippen LogP contribution >= 0.6 is 11.6 Å². The molecule has 15 heavy (non-hydrogen) atoms. The summed E-state index contributed by atoms with van der Waals surface area (Å²) < 4.78 is 1.75. The van der Waals surface area contributed by atoms with Gasteiger partial charge in [0.1, 0.15) is 11.5 Å². The van der Waals surface area contributed by atoms with E-state index in [-0.39, 0.29) is 0 Å². The van der Waals surface area contributed by atoms with Crippen molar-refractivity contribution < 1.29 is 0 Å². The molecule has 1 aliphatic heterocycles. The van der Waals surface area contributed by atoms with E-state index in [4.69, 9.17) is 11.6 Å². The summed E-state index contributed by atoms with van der Waals surface area (Å²) in [6, 6.07) is 7.77. The molecule has 0 saturated heterocycles. The zero-order valence-electron chi connectivity index (χ0n) is 7.76. The molecule has 0 spiro atoms. The van der Waals surface area contributed by atoms with Crippen LogP contribution in [0, 0.1) is 0 Å². The predicted molar refractivity (Wildman–Crippen MR) is 58.4 cm³/mol. The molecular weight excluding hydrogens is 212 g/mol. The maximum absolute atomic E-state index is 5.99. The zero-order chi connectivity index (χ0) is 10.3. The van der Waals surface area contributed by atoms with Crippen molar-refractivity contribution in [2.45, 2.75) is 6.54 Å². The molecule has 74 valence electrons. The van der Waals surface area contributed by atoms with Gasteiger partial charge in [-0.3, -0.25) is 0 Å². The molecule has 0 unspecified atom stereocenters. The summed E-state index contributed by atoms with van der Waals surface area (Å²) in [6.07, 6.45) is 1.53. The summed E-state index contributed by atoms with van der Waals surface area (Å²) >= 11 is 5.99. The van der Waals surface area contributed by atoms with Gasteiger partial charge in [0.2, 0.25) is 0 Å². The number of halogens is 1. The molecule has 0 fully saturated rings. The van der Waals surface area contributed by atoms with Crippen LogP contribution in [-0.2, 0) is 6.54 Å². The number of hydrogen-bond acceptors (Lipinski definition) is 3. The smallest absolute Gasteiger partial charge is 0.160 e. The Hall–Kier alpha value is -1.68. The van der Waals surface area contributed by atoms with Crippen molar-refractivity contribution in [1.82, 2.24) is 14.8 Å². The molecule has 0 atom stereocenters. The summed E-state index contributed by atoms with van der Waals surface area (Å²) in [6.45, 7) is 0.478. The molecular formula is C10H7ClN4. The molecule has 2 aromatic rings. The summed E-state index contributed by atoms with van der Waals surface area (Å²) in [7, 11) is 0. The van der Waals surface area contributed by atoms with Crippen molar-refractivity contribution in [3.63, 3.8) is 0 Å². The third kappa shape index (κ3) is 1.34. The number of hydrogen-bond donors (Lipinski definition) is 0. The van der Waals surface area contributed by atoms with Crippen LogP contribution in [0.25, 0.3) is 11.4 Å². The largest absolute Gasteiger partial charge is 0.239 e. The van der Waals surface area contributed by atoms with Gasteiger partial charge >= 0.3 is 0 Å². The second-order valence-corrected chi connectivity index (χ2v) is 3.68. The zero-order valence-corrected chi connectivity index (χ0v) is 8.52. The highest BCUT2D eigenvalue weighted by Gasteiger charge is 2.16. The lowest BCUT2D eigenvalue weighted by Gasteiger charge is -2.01. The Morgan fingerprint density at radius 2 is 2.13 bits per heavy atom. The highest BCUT2D eigenvalue weighted by molar-refractivity contribution is 6.65. The van der Waals surface area contributed by atoms with Gasteiger partial charge in [0.05, 0.1) is 12.2 Å². The fraction of sp³-hybridized carbons (Fsp3) is 0.100. The van der Waals surface area contributed by atoms with Gasteiger partial charge in [-0.15, -0.1) is 0 Å². The van der Waals surface area contributed by atoms with Gasteiger partial charge < -0.3 is 0 Å².